The number of hydrogen-bond donors (Lipinski definition) is 2. The van der Waals surface area contributed by atoms with Crippen molar-refractivity contribution in [1.82, 2.24) is 20.1 Å². The van der Waals surface area contributed by atoms with E-state index in [4.69, 9.17) is 0 Å². The van der Waals surface area contributed by atoms with Crippen molar-refractivity contribution < 1.29 is 4.79 Å². The van der Waals surface area contributed by atoms with Crippen molar-refractivity contribution in [2.24, 2.45) is 5.92 Å². The number of carbonyl (C=O) groups is 1. The molecule has 35 heavy (non-hydrogen) atoms. The van der Waals surface area contributed by atoms with Gasteiger partial charge in [-0.1, -0.05) is 32.8 Å². The van der Waals surface area contributed by atoms with E-state index in [2.05, 4.69) is 46.1 Å². The van der Waals surface area contributed by atoms with Crippen molar-refractivity contribution in [2.45, 2.75) is 90.5 Å². The highest BCUT2D eigenvalue weighted by Crippen LogP contribution is 2.34. The summed E-state index contributed by atoms with van der Waals surface area (Å²) in [6.45, 7) is 11.7. The fourth-order valence-electron chi connectivity index (χ4n) is 6.43. The zero-order valence-electron chi connectivity index (χ0n) is 22.1. The van der Waals surface area contributed by atoms with Crippen LogP contribution in [0, 0.1) is 5.92 Å². The topological polar surface area (TPSA) is 51.4 Å². The third-order valence-corrected chi connectivity index (χ3v) is 8.66. The van der Waals surface area contributed by atoms with E-state index in [0.717, 1.165) is 44.5 Å². The molecule has 2 aromatic rings. The molecule has 0 radical (unpaired) electrons. The first kappa shape index (κ1) is 24.8. The van der Waals surface area contributed by atoms with Gasteiger partial charge >= 0.3 is 0 Å². The fourth-order valence-corrected chi connectivity index (χ4v) is 6.43. The Hall–Kier alpha value is -1.85. The van der Waals surface area contributed by atoms with Gasteiger partial charge in [-0.2, -0.15) is 0 Å². The van der Waals surface area contributed by atoms with Crippen molar-refractivity contribution in [3.05, 3.63) is 34.5 Å². The molecule has 0 spiro atoms. The fraction of sp³-hybridized carbons (Fsp3) is 0.700. The number of nitrogens with one attached hydrogen (secondary N) is 2. The van der Waals surface area contributed by atoms with Gasteiger partial charge in [0.1, 0.15) is 5.69 Å². The first-order valence-electron chi connectivity index (χ1n) is 14.5. The smallest absolute Gasteiger partial charge is 0.267 e. The van der Waals surface area contributed by atoms with E-state index < -0.39 is 0 Å². The first-order valence-corrected chi connectivity index (χ1v) is 14.5. The lowest BCUT2D eigenvalue weighted by Crippen LogP contribution is -2.46. The molecule has 0 bridgehead atoms. The van der Waals surface area contributed by atoms with Gasteiger partial charge in [-0.25, -0.2) is 0 Å². The van der Waals surface area contributed by atoms with Crippen LogP contribution in [-0.4, -0.2) is 66.0 Å². The van der Waals surface area contributed by atoms with Gasteiger partial charge in [0.2, 0.25) is 0 Å². The van der Waals surface area contributed by atoms with Gasteiger partial charge in [-0.05, 0) is 99.6 Å². The molecule has 2 aliphatic heterocycles. The maximum atomic E-state index is 13.2. The van der Waals surface area contributed by atoms with Crippen LogP contribution in [0.2, 0.25) is 0 Å². The number of nitrogens with zero attached hydrogens (tertiary/aromatic N) is 2. The summed E-state index contributed by atoms with van der Waals surface area (Å²) in [7, 11) is 0. The maximum absolute atomic E-state index is 13.2. The second-order valence-corrected chi connectivity index (χ2v) is 11.8. The van der Waals surface area contributed by atoms with E-state index in [0.29, 0.717) is 5.92 Å². The number of piperidine rings is 1. The standard InChI is InChI=1S/C30H46N4O/c1-22(2)10-11-24-20-23-8-7-9-26(23)29-27(24)21-28(32-29)30(35)31-25-12-16-34(17-13-25)19-18-33-14-5-3-4-6-15-33/h20-22,25,32H,3-19H2,1-2H3,(H,31,35). The predicted molar refractivity (Wildman–Crippen MR) is 145 cm³/mol. The number of likely N-dealkylation sites (tertiary alicyclic amines) is 2. The Bertz CT molecular complexity index is 993. The van der Waals surface area contributed by atoms with E-state index in [1.54, 1.807) is 0 Å². The summed E-state index contributed by atoms with van der Waals surface area (Å²) in [5.74, 6) is 0.765. The summed E-state index contributed by atoms with van der Waals surface area (Å²) in [5, 5.41) is 4.64. The number of aryl methyl sites for hydroxylation is 3. The zero-order chi connectivity index (χ0) is 24.2. The zero-order valence-corrected chi connectivity index (χ0v) is 22.1. The molecule has 1 amide bonds. The maximum Gasteiger partial charge on any atom is 0.267 e. The van der Waals surface area contributed by atoms with Crippen molar-refractivity contribution >= 4 is 16.8 Å². The van der Waals surface area contributed by atoms with Gasteiger partial charge in [0.15, 0.2) is 0 Å². The molecule has 5 heteroatoms. The van der Waals surface area contributed by atoms with Crippen molar-refractivity contribution in [3.63, 3.8) is 0 Å². The SMILES string of the molecule is CC(C)CCc1cc2c(c3[nH]c(C(=O)NC4CCN(CCN5CCCCCC5)CC4)cc13)CCC2. The molecular formula is C30H46N4O. The van der Waals surface area contributed by atoms with Crippen molar-refractivity contribution in [1.29, 1.82) is 0 Å². The Labute approximate surface area is 212 Å². The number of aromatic nitrogens is 1. The summed E-state index contributed by atoms with van der Waals surface area (Å²) < 4.78 is 0. The molecule has 5 rings (SSSR count). The van der Waals surface area contributed by atoms with Gasteiger partial charge in [-0.15, -0.1) is 0 Å². The van der Waals surface area contributed by atoms with E-state index >= 15 is 0 Å². The molecule has 1 aromatic heterocycles. The highest BCUT2D eigenvalue weighted by molar-refractivity contribution is 6.00. The van der Waals surface area contributed by atoms with Crippen LogP contribution >= 0.6 is 0 Å². The van der Waals surface area contributed by atoms with Crippen LogP contribution in [0.5, 0.6) is 0 Å². The average Bonchev–Trinajstić information content (AvgIpc) is 3.42. The van der Waals surface area contributed by atoms with Gasteiger partial charge < -0.3 is 20.1 Å². The van der Waals surface area contributed by atoms with Crippen LogP contribution in [0.25, 0.3) is 10.9 Å². The molecule has 0 saturated carbocycles. The van der Waals surface area contributed by atoms with Gasteiger partial charge in [0.05, 0.1) is 0 Å². The molecule has 1 aliphatic carbocycles. The highest BCUT2D eigenvalue weighted by atomic mass is 16.1. The second kappa shape index (κ2) is 11.5. The number of fused-ring (bicyclic) bond motifs is 3. The molecule has 0 unspecified atom stereocenters. The molecule has 3 aliphatic rings. The van der Waals surface area contributed by atoms with E-state index in [1.165, 1.54) is 98.7 Å². The number of H-pyrrole nitrogens is 1. The van der Waals surface area contributed by atoms with E-state index in [1.807, 2.05) is 0 Å². The minimum absolute atomic E-state index is 0.0748. The van der Waals surface area contributed by atoms with Gasteiger partial charge in [0.25, 0.3) is 5.91 Å². The van der Waals surface area contributed by atoms with E-state index in [-0.39, 0.29) is 11.9 Å². The minimum atomic E-state index is 0.0748. The Morgan fingerprint density at radius 1 is 0.971 bits per heavy atom. The first-order chi connectivity index (χ1) is 17.1. The molecule has 2 fully saturated rings. The number of amides is 1. The minimum Gasteiger partial charge on any atom is -0.350 e. The lowest BCUT2D eigenvalue weighted by atomic mass is 9.95. The van der Waals surface area contributed by atoms with Crippen molar-refractivity contribution in [3.8, 4) is 0 Å². The number of hydrogen-bond acceptors (Lipinski definition) is 3. The molecule has 0 atom stereocenters. The number of carbonyl (C=O) groups excluding carboxylic acids is 1. The summed E-state index contributed by atoms with van der Waals surface area (Å²) in [4.78, 5) is 22.1. The molecule has 192 valence electrons. The van der Waals surface area contributed by atoms with Crippen LogP contribution in [0.1, 0.15) is 92.4 Å². The highest BCUT2D eigenvalue weighted by Gasteiger charge is 2.24. The van der Waals surface area contributed by atoms with Crippen LogP contribution < -0.4 is 5.32 Å². The van der Waals surface area contributed by atoms with Gasteiger partial charge in [0, 0.05) is 43.1 Å². The molecule has 3 heterocycles. The van der Waals surface area contributed by atoms with Gasteiger partial charge in [-0.3, -0.25) is 4.79 Å². The quantitative estimate of drug-likeness (QED) is 0.540. The van der Waals surface area contributed by atoms with Crippen molar-refractivity contribution in [2.75, 3.05) is 39.3 Å². The lowest BCUT2D eigenvalue weighted by molar-refractivity contribution is 0.0902. The molecular weight excluding hydrogens is 432 g/mol. The molecule has 5 nitrogen and oxygen atoms in total. The summed E-state index contributed by atoms with van der Waals surface area (Å²) in [5.41, 5.74) is 6.34. The summed E-state index contributed by atoms with van der Waals surface area (Å²) >= 11 is 0. The monoisotopic (exact) mass is 478 g/mol. The third kappa shape index (κ3) is 6.11. The number of rotatable bonds is 8. The lowest BCUT2D eigenvalue weighted by Gasteiger charge is -2.33. The average molecular weight is 479 g/mol. The molecule has 2 N–H and O–H groups in total. The molecule has 1 aromatic carbocycles. The largest absolute Gasteiger partial charge is 0.350 e. The second-order valence-electron chi connectivity index (χ2n) is 11.8. The third-order valence-electron chi connectivity index (χ3n) is 8.66. The Kier molecular flexibility index (Phi) is 8.14. The number of aromatic amines is 1. The Balaban J connectivity index is 1.17. The van der Waals surface area contributed by atoms with Crippen LogP contribution in [0.3, 0.4) is 0 Å². The Morgan fingerprint density at radius 3 is 2.40 bits per heavy atom. The Morgan fingerprint density at radius 2 is 1.69 bits per heavy atom. The summed E-state index contributed by atoms with van der Waals surface area (Å²) in [6.07, 6.45) is 13.5. The van der Waals surface area contributed by atoms with Crippen LogP contribution in [0.15, 0.2) is 12.1 Å². The van der Waals surface area contributed by atoms with E-state index in [9.17, 15) is 4.79 Å². The number of benzene rings is 1. The van der Waals surface area contributed by atoms with Crippen LogP contribution in [0.4, 0.5) is 0 Å². The van der Waals surface area contributed by atoms with Crippen LogP contribution in [-0.2, 0) is 19.3 Å². The predicted octanol–water partition coefficient (Wildman–Crippen LogP) is 5.32. The summed E-state index contributed by atoms with van der Waals surface area (Å²) in [6, 6.07) is 4.86. The normalized spacial score (nSPS) is 20.4. The molecule has 2 saturated heterocycles.